The maximum Gasteiger partial charge on any atom is 0.412 e. The summed E-state index contributed by atoms with van der Waals surface area (Å²) >= 11 is 1.47. The number of carbonyl (C=O) groups excluding carboxylic acids is 1. The fraction of sp³-hybridized carbons (Fsp3) is 0.217. The largest absolute Gasteiger partial charge is 0.465 e. The molecular formula is C23H22N4O4S. The third-order valence-corrected chi connectivity index (χ3v) is 4.94. The van der Waals surface area contributed by atoms with Crippen molar-refractivity contribution in [1.82, 2.24) is 9.97 Å². The SMILES string of the molecule is CN(C(=O)O)c1ccc(C#CC=Cc2nc3ccc(NC(=O)OC(C)(C)C)cc3s2)cn1. The molecule has 0 saturated carbocycles. The van der Waals surface area contributed by atoms with Gasteiger partial charge in [-0.15, -0.1) is 11.3 Å². The molecule has 0 fully saturated rings. The molecule has 3 aromatic rings. The van der Waals surface area contributed by atoms with E-state index in [4.69, 9.17) is 9.84 Å². The van der Waals surface area contributed by atoms with E-state index in [1.165, 1.54) is 24.6 Å². The summed E-state index contributed by atoms with van der Waals surface area (Å²) in [4.78, 5) is 32.5. The Labute approximate surface area is 189 Å². The average molecular weight is 451 g/mol. The first-order valence-corrected chi connectivity index (χ1v) is 10.4. The van der Waals surface area contributed by atoms with Crippen LogP contribution in [0.5, 0.6) is 0 Å². The van der Waals surface area contributed by atoms with Gasteiger partial charge in [-0.2, -0.15) is 0 Å². The van der Waals surface area contributed by atoms with E-state index in [-0.39, 0.29) is 0 Å². The second kappa shape index (κ2) is 9.49. The van der Waals surface area contributed by atoms with Crippen molar-refractivity contribution >= 4 is 51.3 Å². The molecule has 2 aromatic heterocycles. The Hall–Kier alpha value is -3.90. The van der Waals surface area contributed by atoms with Crippen LogP contribution < -0.4 is 10.2 Å². The van der Waals surface area contributed by atoms with Crippen molar-refractivity contribution in [3.8, 4) is 11.8 Å². The lowest BCUT2D eigenvalue weighted by Gasteiger charge is -2.19. The highest BCUT2D eigenvalue weighted by molar-refractivity contribution is 7.19. The number of carbonyl (C=O) groups is 2. The number of pyridine rings is 1. The third kappa shape index (κ3) is 6.30. The molecule has 8 nitrogen and oxygen atoms in total. The first kappa shape index (κ1) is 22.8. The van der Waals surface area contributed by atoms with Crippen LogP contribution in [0.1, 0.15) is 31.3 Å². The number of carboxylic acid groups (broad SMARTS) is 1. The number of hydrogen-bond donors (Lipinski definition) is 2. The molecule has 2 heterocycles. The Bertz CT molecular complexity index is 1230. The lowest BCUT2D eigenvalue weighted by Crippen LogP contribution is -2.27. The van der Waals surface area contributed by atoms with Crippen molar-refractivity contribution < 1.29 is 19.4 Å². The first-order chi connectivity index (χ1) is 15.1. The lowest BCUT2D eigenvalue weighted by atomic mass is 10.2. The second-order valence-electron chi connectivity index (χ2n) is 7.71. The van der Waals surface area contributed by atoms with Gasteiger partial charge in [0.15, 0.2) is 0 Å². The van der Waals surface area contributed by atoms with Gasteiger partial charge in [-0.1, -0.05) is 11.8 Å². The van der Waals surface area contributed by atoms with Crippen LogP contribution in [-0.4, -0.2) is 39.9 Å². The first-order valence-electron chi connectivity index (χ1n) is 9.62. The minimum atomic E-state index is -1.08. The van der Waals surface area contributed by atoms with Crippen molar-refractivity contribution in [2.45, 2.75) is 26.4 Å². The second-order valence-corrected chi connectivity index (χ2v) is 8.77. The van der Waals surface area contributed by atoms with E-state index in [9.17, 15) is 9.59 Å². The summed E-state index contributed by atoms with van der Waals surface area (Å²) < 4.78 is 6.19. The van der Waals surface area contributed by atoms with Crippen molar-refractivity contribution in [2.24, 2.45) is 0 Å². The monoisotopic (exact) mass is 450 g/mol. The molecule has 2 N–H and O–H groups in total. The minimum absolute atomic E-state index is 0.327. The summed E-state index contributed by atoms with van der Waals surface area (Å²) in [5.41, 5.74) is 1.55. The fourth-order valence-electron chi connectivity index (χ4n) is 2.51. The number of aromatic nitrogens is 2. The normalized spacial score (nSPS) is 11.1. The molecule has 1 aromatic carbocycles. The quantitative estimate of drug-likeness (QED) is 0.530. The molecule has 0 aliphatic carbocycles. The maximum atomic E-state index is 11.9. The molecule has 2 amide bonds. The van der Waals surface area contributed by atoms with Gasteiger partial charge >= 0.3 is 12.2 Å². The number of anilines is 2. The molecule has 32 heavy (non-hydrogen) atoms. The van der Waals surface area contributed by atoms with E-state index in [0.29, 0.717) is 17.1 Å². The van der Waals surface area contributed by atoms with E-state index in [0.717, 1.165) is 20.1 Å². The highest BCUT2D eigenvalue weighted by Crippen LogP contribution is 2.26. The number of hydrogen-bond acceptors (Lipinski definition) is 6. The molecule has 0 atom stereocenters. The van der Waals surface area contributed by atoms with Gasteiger partial charge in [0, 0.05) is 24.5 Å². The van der Waals surface area contributed by atoms with Crippen molar-refractivity contribution in [1.29, 1.82) is 0 Å². The Morgan fingerprint density at radius 1 is 1.25 bits per heavy atom. The number of amides is 2. The van der Waals surface area contributed by atoms with Gasteiger partial charge in [0.05, 0.1) is 10.2 Å². The van der Waals surface area contributed by atoms with Crippen LogP contribution in [0, 0.1) is 11.8 Å². The van der Waals surface area contributed by atoms with Crippen LogP contribution in [0.2, 0.25) is 0 Å². The van der Waals surface area contributed by atoms with Gasteiger partial charge in [-0.25, -0.2) is 19.6 Å². The van der Waals surface area contributed by atoms with Gasteiger partial charge < -0.3 is 9.84 Å². The summed E-state index contributed by atoms with van der Waals surface area (Å²) in [6.07, 6.45) is 3.43. The smallest absolute Gasteiger partial charge is 0.412 e. The van der Waals surface area contributed by atoms with Gasteiger partial charge in [0.25, 0.3) is 0 Å². The summed E-state index contributed by atoms with van der Waals surface area (Å²) in [6.45, 7) is 5.43. The number of nitrogens with one attached hydrogen (secondary N) is 1. The number of allylic oxidation sites excluding steroid dienone is 1. The van der Waals surface area contributed by atoms with Crippen LogP contribution in [0.4, 0.5) is 21.1 Å². The standard InChI is InChI=1S/C23H22N4O4S/c1-23(2,3)31-21(28)25-16-10-11-17-18(13-16)32-20(26-17)8-6-5-7-15-9-12-19(24-14-15)27(4)22(29)30/h6,8-14H,1-4H3,(H,25,28)(H,29,30). The predicted octanol–water partition coefficient (Wildman–Crippen LogP) is 5.22. The van der Waals surface area contributed by atoms with Crippen LogP contribution in [0.15, 0.2) is 42.6 Å². The molecule has 0 saturated heterocycles. The van der Waals surface area contributed by atoms with Crippen molar-refractivity contribution in [3.63, 3.8) is 0 Å². The number of nitrogens with zero attached hydrogens (tertiary/aromatic N) is 3. The molecule has 0 unspecified atom stereocenters. The average Bonchev–Trinajstić information content (AvgIpc) is 3.11. The zero-order valence-corrected chi connectivity index (χ0v) is 18.9. The zero-order valence-electron chi connectivity index (χ0n) is 18.0. The fourth-order valence-corrected chi connectivity index (χ4v) is 3.42. The molecule has 164 valence electrons. The number of benzene rings is 1. The van der Waals surface area contributed by atoms with Gasteiger partial charge in [0.1, 0.15) is 16.4 Å². The van der Waals surface area contributed by atoms with Crippen LogP contribution in [0.3, 0.4) is 0 Å². The molecule has 0 aliphatic heterocycles. The molecular weight excluding hydrogens is 428 g/mol. The van der Waals surface area contributed by atoms with E-state index >= 15 is 0 Å². The van der Waals surface area contributed by atoms with Crippen LogP contribution in [-0.2, 0) is 4.74 Å². The van der Waals surface area contributed by atoms with E-state index < -0.39 is 17.8 Å². The Morgan fingerprint density at radius 3 is 2.69 bits per heavy atom. The topological polar surface area (TPSA) is 105 Å². The van der Waals surface area contributed by atoms with Crippen LogP contribution in [0.25, 0.3) is 16.3 Å². The predicted molar refractivity (Wildman–Crippen MR) is 126 cm³/mol. The summed E-state index contributed by atoms with van der Waals surface area (Å²) in [5, 5.41) is 12.5. The Morgan fingerprint density at radius 2 is 2.03 bits per heavy atom. The number of thiazole rings is 1. The third-order valence-electron chi connectivity index (χ3n) is 3.95. The summed E-state index contributed by atoms with van der Waals surface area (Å²) in [6, 6.07) is 8.76. The lowest BCUT2D eigenvalue weighted by molar-refractivity contribution is 0.0636. The van der Waals surface area contributed by atoms with E-state index in [1.54, 1.807) is 30.4 Å². The molecule has 9 heteroatoms. The molecule has 0 spiro atoms. The van der Waals surface area contributed by atoms with Gasteiger partial charge in [-0.05, 0) is 63.3 Å². The van der Waals surface area contributed by atoms with Crippen LogP contribution >= 0.6 is 11.3 Å². The zero-order chi connectivity index (χ0) is 23.3. The maximum absolute atomic E-state index is 11.9. The summed E-state index contributed by atoms with van der Waals surface area (Å²) in [7, 11) is 1.42. The van der Waals surface area contributed by atoms with Crippen molar-refractivity contribution in [3.05, 3.63) is 53.2 Å². The molecule has 0 bridgehead atoms. The summed E-state index contributed by atoms with van der Waals surface area (Å²) in [5.74, 6) is 6.19. The number of ether oxygens (including phenoxy) is 1. The Kier molecular flexibility index (Phi) is 6.76. The molecule has 3 rings (SSSR count). The van der Waals surface area contributed by atoms with Crippen molar-refractivity contribution in [2.75, 3.05) is 17.3 Å². The minimum Gasteiger partial charge on any atom is -0.465 e. The Balaban J connectivity index is 1.65. The molecule has 0 aliphatic rings. The van der Waals surface area contributed by atoms with E-state index in [2.05, 4.69) is 27.1 Å². The number of rotatable bonds is 3. The van der Waals surface area contributed by atoms with Gasteiger partial charge in [-0.3, -0.25) is 10.2 Å². The highest BCUT2D eigenvalue weighted by Gasteiger charge is 2.16. The molecule has 0 radical (unpaired) electrons. The highest BCUT2D eigenvalue weighted by atomic mass is 32.1. The van der Waals surface area contributed by atoms with Gasteiger partial charge in [0.2, 0.25) is 0 Å². The number of fused-ring (bicyclic) bond motifs is 1. The van der Waals surface area contributed by atoms with E-state index in [1.807, 2.05) is 32.9 Å².